The van der Waals surface area contributed by atoms with Gasteiger partial charge < -0.3 is 4.90 Å². The second-order valence-corrected chi connectivity index (χ2v) is 11.6. The number of aryl methyl sites for hydroxylation is 4. The first kappa shape index (κ1) is 27.1. The maximum atomic E-state index is 13.5. The van der Waals surface area contributed by atoms with Gasteiger partial charge in [-0.1, -0.05) is 25.5 Å². The van der Waals surface area contributed by atoms with E-state index >= 15 is 0 Å². The summed E-state index contributed by atoms with van der Waals surface area (Å²) in [5.74, 6) is 0.239. The van der Waals surface area contributed by atoms with E-state index in [0.29, 0.717) is 49.9 Å². The van der Waals surface area contributed by atoms with Gasteiger partial charge in [0.2, 0.25) is 0 Å². The highest BCUT2D eigenvalue weighted by Gasteiger charge is 2.27. The third kappa shape index (κ3) is 4.21. The van der Waals surface area contributed by atoms with Gasteiger partial charge in [-0.25, -0.2) is 9.59 Å². The van der Waals surface area contributed by atoms with Crippen molar-refractivity contribution in [1.29, 1.82) is 0 Å². The first-order chi connectivity index (χ1) is 19.6. The van der Waals surface area contributed by atoms with E-state index in [-0.39, 0.29) is 28.9 Å². The van der Waals surface area contributed by atoms with Crippen molar-refractivity contribution in [3.63, 3.8) is 0 Å². The lowest BCUT2D eigenvalue weighted by Gasteiger charge is -2.35. The number of pyridine rings is 1. The molecule has 0 spiro atoms. The summed E-state index contributed by atoms with van der Waals surface area (Å²) in [5, 5.41) is 1.60. The van der Waals surface area contributed by atoms with Crippen molar-refractivity contribution in [2.75, 3.05) is 18.0 Å². The van der Waals surface area contributed by atoms with Crippen molar-refractivity contribution in [2.24, 2.45) is 7.05 Å². The number of nitrogens with zero attached hydrogens (tertiary/aromatic N) is 6. The highest BCUT2D eigenvalue weighted by Crippen LogP contribution is 2.35. The Morgan fingerprint density at radius 2 is 1.51 bits per heavy atom. The van der Waals surface area contributed by atoms with Crippen LogP contribution < -0.4 is 21.8 Å². The topological polar surface area (TPSA) is 87.1 Å². The molecule has 9 heteroatoms. The number of imidazole rings is 1. The number of hydrogen-bond donors (Lipinski definition) is 0. The molecule has 0 radical (unpaired) electrons. The van der Waals surface area contributed by atoms with Crippen LogP contribution in [0, 0.1) is 6.92 Å². The Bertz CT molecular complexity index is 2000. The quantitative estimate of drug-likeness (QED) is 0.315. The highest BCUT2D eigenvalue weighted by molar-refractivity contribution is 6.00. The zero-order chi connectivity index (χ0) is 29.2. The third-order valence-corrected chi connectivity index (χ3v) is 8.80. The van der Waals surface area contributed by atoms with E-state index in [2.05, 4.69) is 36.9 Å². The first-order valence-electron chi connectivity index (χ1n) is 14.7. The molecule has 1 aliphatic heterocycles. The molecule has 0 N–H and O–H groups in total. The van der Waals surface area contributed by atoms with Crippen LogP contribution in [0.25, 0.3) is 32.8 Å². The largest absolute Gasteiger partial charge is 0.371 e. The minimum Gasteiger partial charge on any atom is -0.371 e. The summed E-state index contributed by atoms with van der Waals surface area (Å²) in [6, 6.07) is 11.8. The minimum atomic E-state index is -0.262. The van der Waals surface area contributed by atoms with Gasteiger partial charge >= 0.3 is 11.4 Å². The Morgan fingerprint density at radius 1 is 0.854 bits per heavy atom. The number of aromatic nitrogens is 5. The summed E-state index contributed by atoms with van der Waals surface area (Å²) < 4.78 is 6.71. The molecule has 0 aliphatic carbocycles. The van der Waals surface area contributed by atoms with Crippen molar-refractivity contribution in [2.45, 2.75) is 72.5 Å². The molecule has 9 nitrogen and oxygen atoms in total. The van der Waals surface area contributed by atoms with Gasteiger partial charge in [-0.3, -0.25) is 28.0 Å². The van der Waals surface area contributed by atoms with Crippen molar-refractivity contribution >= 4 is 38.5 Å². The number of piperidine rings is 1. The van der Waals surface area contributed by atoms with E-state index in [0.717, 1.165) is 38.9 Å². The standard InChI is InChI=1S/C32H38N6O3/c1-7-36-28-16-22-25(18-29(28)37(8-2)32(36)41)33-24(19(3)4)17-27(22)35-13-11-21(12-14-35)38-30(39)23-15-20(5)9-10-26(23)34(6)31(38)40/h9-10,15-19,21H,7-8,11-14H2,1-6H3. The highest BCUT2D eigenvalue weighted by atomic mass is 16.2. The third-order valence-electron chi connectivity index (χ3n) is 8.80. The predicted octanol–water partition coefficient (Wildman–Crippen LogP) is 4.68. The number of benzene rings is 2. The lowest BCUT2D eigenvalue weighted by Crippen LogP contribution is -2.45. The molecule has 4 heterocycles. The van der Waals surface area contributed by atoms with Gasteiger partial charge in [0.15, 0.2) is 0 Å². The molecule has 214 valence electrons. The van der Waals surface area contributed by atoms with Gasteiger partial charge in [0.05, 0.1) is 27.5 Å². The second kappa shape index (κ2) is 10.0. The summed E-state index contributed by atoms with van der Waals surface area (Å²) >= 11 is 0. The Morgan fingerprint density at radius 3 is 2.15 bits per heavy atom. The molecule has 0 saturated carbocycles. The van der Waals surface area contributed by atoms with Crippen LogP contribution in [-0.4, -0.2) is 36.3 Å². The zero-order valence-corrected chi connectivity index (χ0v) is 24.8. The molecule has 5 aromatic rings. The minimum absolute atomic E-state index is 0.00403. The fraction of sp³-hybridized carbons (Fsp3) is 0.438. The summed E-state index contributed by atoms with van der Waals surface area (Å²) in [6.45, 7) is 12.8. The van der Waals surface area contributed by atoms with Crippen molar-refractivity contribution < 1.29 is 0 Å². The number of anilines is 1. The molecule has 0 amide bonds. The molecule has 2 aromatic carbocycles. The summed E-state index contributed by atoms with van der Waals surface area (Å²) in [4.78, 5) is 47.3. The molecule has 0 unspecified atom stereocenters. The second-order valence-electron chi connectivity index (χ2n) is 11.6. The van der Waals surface area contributed by atoms with Crippen LogP contribution in [0.4, 0.5) is 5.69 Å². The van der Waals surface area contributed by atoms with Crippen LogP contribution in [0.2, 0.25) is 0 Å². The van der Waals surface area contributed by atoms with Crippen LogP contribution in [0.15, 0.2) is 50.8 Å². The summed E-state index contributed by atoms with van der Waals surface area (Å²) in [6.07, 6.45) is 1.36. The first-order valence-corrected chi connectivity index (χ1v) is 14.7. The van der Waals surface area contributed by atoms with Crippen LogP contribution >= 0.6 is 0 Å². The molecular weight excluding hydrogens is 516 g/mol. The molecule has 41 heavy (non-hydrogen) atoms. The van der Waals surface area contributed by atoms with Gasteiger partial charge in [-0.15, -0.1) is 0 Å². The van der Waals surface area contributed by atoms with Crippen LogP contribution in [0.3, 0.4) is 0 Å². The molecule has 1 saturated heterocycles. The Kier molecular flexibility index (Phi) is 6.63. The molecule has 0 atom stereocenters. The average Bonchev–Trinajstić information content (AvgIpc) is 3.23. The maximum Gasteiger partial charge on any atom is 0.331 e. The number of hydrogen-bond acceptors (Lipinski definition) is 5. The molecule has 0 bridgehead atoms. The lowest BCUT2D eigenvalue weighted by atomic mass is 10.0. The fourth-order valence-corrected chi connectivity index (χ4v) is 6.49. The van der Waals surface area contributed by atoms with Gasteiger partial charge in [0.1, 0.15) is 0 Å². The van der Waals surface area contributed by atoms with Crippen molar-refractivity contribution in [1.82, 2.24) is 23.3 Å². The van der Waals surface area contributed by atoms with E-state index in [1.54, 1.807) is 11.6 Å². The van der Waals surface area contributed by atoms with E-state index < -0.39 is 0 Å². The average molecular weight is 555 g/mol. The fourth-order valence-electron chi connectivity index (χ4n) is 6.49. The van der Waals surface area contributed by atoms with E-state index in [4.69, 9.17) is 4.98 Å². The van der Waals surface area contributed by atoms with Crippen LogP contribution in [-0.2, 0) is 20.1 Å². The Balaban J connectivity index is 1.43. The molecule has 3 aromatic heterocycles. The molecule has 1 fully saturated rings. The Labute approximate surface area is 238 Å². The smallest absolute Gasteiger partial charge is 0.331 e. The van der Waals surface area contributed by atoms with Crippen LogP contribution in [0.5, 0.6) is 0 Å². The normalized spacial score (nSPS) is 14.8. The summed E-state index contributed by atoms with van der Waals surface area (Å²) in [5.41, 5.74) is 6.00. The van der Waals surface area contributed by atoms with E-state index in [1.807, 2.05) is 48.1 Å². The SMILES string of the molecule is CCn1c(=O)n(CC)c2cc3c(N4CCC(n5c(=O)c6cc(C)ccc6n(C)c5=O)CC4)cc(C(C)C)nc3cc21. The molecular formula is C32H38N6O3. The van der Waals surface area contributed by atoms with E-state index in [1.165, 1.54) is 4.57 Å². The summed E-state index contributed by atoms with van der Waals surface area (Å²) in [7, 11) is 1.74. The van der Waals surface area contributed by atoms with Crippen molar-refractivity contribution in [3.8, 4) is 0 Å². The van der Waals surface area contributed by atoms with Gasteiger partial charge in [-0.05, 0) is 69.9 Å². The zero-order valence-electron chi connectivity index (χ0n) is 24.8. The number of fused-ring (bicyclic) bond motifs is 3. The monoisotopic (exact) mass is 554 g/mol. The van der Waals surface area contributed by atoms with Gasteiger partial charge in [0, 0.05) is 56.0 Å². The molecule has 6 rings (SSSR count). The van der Waals surface area contributed by atoms with Gasteiger partial charge in [-0.2, -0.15) is 0 Å². The Hall–Kier alpha value is -4.14. The van der Waals surface area contributed by atoms with E-state index in [9.17, 15) is 14.4 Å². The maximum absolute atomic E-state index is 13.5. The molecule has 1 aliphatic rings. The van der Waals surface area contributed by atoms with Crippen LogP contribution in [0.1, 0.15) is 63.8 Å². The lowest BCUT2D eigenvalue weighted by molar-refractivity contribution is 0.372. The predicted molar refractivity (Wildman–Crippen MR) is 166 cm³/mol. The van der Waals surface area contributed by atoms with Gasteiger partial charge in [0.25, 0.3) is 5.56 Å². The number of rotatable bonds is 5. The van der Waals surface area contributed by atoms with Crippen molar-refractivity contribution in [3.05, 3.63) is 79.0 Å².